The van der Waals surface area contributed by atoms with Gasteiger partial charge in [0.1, 0.15) is 16.5 Å². The van der Waals surface area contributed by atoms with E-state index in [0.29, 0.717) is 18.8 Å². The highest BCUT2D eigenvalue weighted by molar-refractivity contribution is 7.09. The summed E-state index contributed by atoms with van der Waals surface area (Å²) in [4.78, 5) is 21.9. The summed E-state index contributed by atoms with van der Waals surface area (Å²) in [6.07, 6.45) is 1.88. The number of hydrogen-bond acceptors (Lipinski definition) is 7. The van der Waals surface area contributed by atoms with Crippen molar-refractivity contribution >= 4 is 17.2 Å². The van der Waals surface area contributed by atoms with Gasteiger partial charge in [0, 0.05) is 31.6 Å². The third kappa shape index (κ3) is 6.52. The normalized spacial score (nSPS) is 12.2. The molecule has 0 unspecified atom stereocenters. The molecule has 0 radical (unpaired) electrons. The van der Waals surface area contributed by atoms with Crippen LogP contribution in [-0.4, -0.2) is 47.7 Å². The maximum absolute atomic E-state index is 13.0. The highest BCUT2D eigenvalue weighted by Gasteiger charge is 2.20. The molecule has 4 rings (SSSR count). The van der Waals surface area contributed by atoms with Gasteiger partial charge < -0.3 is 19.1 Å². The van der Waals surface area contributed by atoms with Gasteiger partial charge in [-0.05, 0) is 48.2 Å². The van der Waals surface area contributed by atoms with Crippen molar-refractivity contribution < 1.29 is 19.0 Å². The molecule has 1 aliphatic rings. The monoisotopic (exact) mass is 495 g/mol. The van der Waals surface area contributed by atoms with E-state index in [4.69, 9.17) is 19.2 Å². The molecule has 7 nitrogen and oxygen atoms in total. The minimum Gasteiger partial charge on any atom is -0.497 e. The standard InChI is InChI=1S/C27H33N3O4S/c1-4-12-30(13-5-2)27(31)23-18-35-26(28-23)17-29(15-20-6-9-22(32-3)10-7-20)16-21-8-11-24-25(14-21)34-19-33-24/h6-11,14,18H,4-5,12-13,15-17,19H2,1-3H3. The van der Waals surface area contributed by atoms with Crippen LogP contribution in [0.15, 0.2) is 47.8 Å². The van der Waals surface area contributed by atoms with E-state index in [0.717, 1.165) is 60.3 Å². The number of aromatic nitrogens is 1. The van der Waals surface area contributed by atoms with Crippen LogP contribution in [0.25, 0.3) is 0 Å². The van der Waals surface area contributed by atoms with Crippen molar-refractivity contribution in [2.24, 2.45) is 0 Å². The predicted octanol–water partition coefficient (Wildman–Crippen LogP) is 5.35. The first-order valence-electron chi connectivity index (χ1n) is 12.1. The van der Waals surface area contributed by atoms with E-state index in [1.807, 2.05) is 34.5 Å². The molecule has 8 heteroatoms. The molecule has 0 saturated heterocycles. The molecule has 2 heterocycles. The molecule has 0 atom stereocenters. The molecule has 1 aromatic heterocycles. The zero-order chi connectivity index (χ0) is 24.6. The Hall–Kier alpha value is -3.10. The topological polar surface area (TPSA) is 64.1 Å². The van der Waals surface area contributed by atoms with Gasteiger partial charge in [0.05, 0.1) is 13.7 Å². The second kappa shape index (κ2) is 12.0. The van der Waals surface area contributed by atoms with Crippen molar-refractivity contribution in [3.63, 3.8) is 0 Å². The number of hydrogen-bond donors (Lipinski definition) is 0. The van der Waals surface area contributed by atoms with Crippen molar-refractivity contribution in [1.29, 1.82) is 0 Å². The fourth-order valence-electron chi connectivity index (χ4n) is 4.14. The number of methoxy groups -OCH3 is 1. The molecule has 0 spiro atoms. The summed E-state index contributed by atoms with van der Waals surface area (Å²) in [5.41, 5.74) is 2.85. The number of carbonyl (C=O) groups is 1. The molecule has 0 saturated carbocycles. The molecule has 0 bridgehead atoms. The number of rotatable bonds is 12. The SMILES string of the molecule is CCCN(CCC)C(=O)c1csc(CN(Cc2ccc(OC)cc2)Cc2ccc3c(c2)OCO3)n1. The van der Waals surface area contributed by atoms with Crippen molar-refractivity contribution in [2.45, 2.75) is 46.3 Å². The molecule has 3 aromatic rings. The van der Waals surface area contributed by atoms with E-state index in [1.165, 1.54) is 5.56 Å². The highest BCUT2D eigenvalue weighted by atomic mass is 32.1. The van der Waals surface area contributed by atoms with Crippen LogP contribution in [0.2, 0.25) is 0 Å². The van der Waals surface area contributed by atoms with Gasteiger partial charge in [0.25, 0.3) is 5.91 Å². The molecule has 1 amide bonds. The first-order valence-corrected chi connectivity index (χ1v) is 12.9. The maximum Gasteiger partial charge on any atom is 0.273 e. The van der Waals surface area contributed by atoms with E-state index in [-0.39, 0.29) is 12.7 Å². The van der Waals surface area contributed by atoms with Crippen molar-refractivity contribution in [2.75, 3.05) is 27.0 Å². The Morgan fingerprint density at radius 3 is 2.37 bits per heavy atom. The summed E-state index contributed by atoms with van der Waals surface area (Å²) in [5.74, 6) is 2.42. The minimum absolute atomic E-state index is 0.0219. The molecular formula is C27H33N3O4S. The average Bonchev–Trinajstić information content (AvgIpc) is 3.53. The molecule has 0 aliphatic carbocycles. The van der Waals surface area contributed by atoms with Crippen LogP contribution in [0.3, 0.4) is 0 Å². The van der Waals surface area contributed by atoms with E-state index < -0.39 is 0 Å². The number of ether oxygens (including phenoxy) is 3. The van der Waals surface area contributed by atoms with E-state index in [1.54, 1.807) is 18.4 Å². The lowest BCUT2D eigenvalue weighted by Crippen LogP contribution is -2.32. The number of fused-ring (bicyclic) bond motifs is 1. The fraction of sp³-hybridized carbons (Fsp3) is 0.407. The van der Waals surface area contributed by atoms with Gasteiger partial charge in [-0.25, -0.2) is 4.98 Å². The Kier molecular flexibility index (Phi) is 8.60. The number of nitrogens with zero attached hydrogens (tertiary/aromatic N) is 3. The number of amides is 1. The summed E-state index contributed by atoms with van der Waals surface area (Å²) in [5, 5.41) is 2.82. The molecule has 1 aliphatic heterocycles. The Labute approximate surface area is 211 Å². The Balaban J connectivity index is 1.51. The van der Waals surface area contributed by atoms with Crippen LogP contribution in [0, 0.1) is 0 Å². The lowest BCUT2D eigenvalue weighted by molar-refractivity contribution is 0.0750. The zero-order valence-electron chi connectivity index (χ0n) is 20.7. The lowest BCUT2D eigenvalue weighted by atomic mass is 10.1. The third-order valence-corrected chi connectivity index (χ3v) is 6.65. The Morgan fingerprint density at radius 2 is 1.66 bits per heavy atom. The summed E-state index contributed by atoms with van der Waals surface area (Å²) >= 11 is 1.54. The predicted molar refractivity (Wildman–Crippen MR) is 137 cm³/mol. The van der Waals surface area contributed by atoms with E-state index in [9.17, 15) is 4.79 Å². The number of benzene rings is 2. The maximum atomic E-state index is 13.0. The van der Waals surface area contributed by atoms with Gasteiger partial charge in [0.2, 0.25) is 6.79 Å². The minimum atomic E-state index is 0.0219. The Morgan fingerprint density at radius 1 is 0.971 bits per heavy atom. The smallest absolute Gasteiger partial charge is 0.273 e. The van der Waals surface area contributed by atoms with Crippen molar-refractivity contribution in [3.05, 3.63) is 69.7 Å². The van der Waals surface area contributed by atoms with Gasteiger partial charge in [-0.3, -0.25) is 9.69 Å². The van der Waals surface area contributed by atoms with Crippen LogP contribution in [0.4, 0.5) is 0 Å². The lowest BCUT2D eigenvalue weighted by Gasteiger charge is -2.22. The molecule has 2 aromatic carbocycles. The van der Waals surface area contributed by atoms with Crippen LogP contribution < -0.4 is 14.2 Å². The fourth-order valence-corrected chi connectivity index (χ4v) is 4.95. The van der Waals surface area contributed by atoms with Gasteiger partial charge in [-0.15, -0.1) is 11.3 Å². The number of thiazole rings is 1. The Bertz CT molecular complexity index is 1110. The summed E-state index contributed by atoms with van der Waals surface area (Å²) in [7, 11) is 1.67. The summed E-state index contributed by atoms with van der Waals surface area (Å²) in [6, 6.07) is 14.2. The summed E-state index contributed by atoms with van der Waals surface area (Å²) < 4.78 is 16.3. The molecule has 0 N–H and O–H groups in total. The second-order valence-electron chi connectivity index (χ2n) is 8.60. The van der Waals surface area contributed by atoms with Gasteiger partial charge >= 0.3 is 0 Å². The molecule has 35 heavy (non-hydrogen) atoms. The number of carbonyl (C=O) groups excluding carboxylic acids is 1. The molecule has 0 fully saturated rings. The second-order valence-corrected chi connectivity index (χ2v) is 9.54. The quantitative estimate of drug-likeness (QED) is 0.338. The summed E-state index contributed by atoms with van der Waals surface area (Å²) in [6.45, 7) is 8.05. The first-order chi connectivity index (χ1) is 17.1. The van der Waals surface area contributed by atoms with Crippen LogP contribution in [-0.2, 0) is 19.6 Å². The largest absolute Gasteiger partial charge is 0.497 e. The third-order valence-electron chi connectivity index (χ3n) is 5.81. The highest BCUT2D eigenvalue weighted by Crippen LogP contribution is 2.33. The van der Waals surface area contributed by atoms with E-state index in [2.05, 4.69) is 36.9 Å². The van der Waals surface area contributed by atoms with Gasteiger partial charge in [0.15, 0.2) is 11.5 Å². The average molecular weight is 496 g/mol. The van der Waals surface area contributed by atoms with Gasteiger partial charge in [-0.2, -0.15) is 0 Å². The van der Waals surface area contributed by atoms with Crippen LogP contribution >= 0.6 is 11.3 Å². The van der Waals surface area contributed by atoms with E-state index >= 15 is 0 Å². The van der Waals surface area contributed by atoms with Crippen LogP contribution in [0.1, 0.15) is 53.3 Å². The zero-order valence-corrected chi connectivity index (χ0v) is 21.5. The van der Waals surface area contributed by atoms with Crippen molar-refractivity contribution in [3.8, 4) is 17.2 Å². The molecule has 186 valence electrons. The van der Waals surface area contributed by atoms with Crippen LogP contribution in [0.5, 0.6) is 17.2 Å². The van der Waals surface area contributed by atoms with Crippen molar-refractivity contribution in [1.82, 2.24) is 14.8 Å². The molecular weight excluding hydrogens is 462 g/mol. The van der Waals surface area contributed by atoms with Gasteiger partial charge in [-0.1, -0.05) is 32.0 Å². The first kappa shape index (κ1) is 25.0.